The van der Waals surface area contributed by atoms with Gasteiger partial charge in [0.05, 0.1) is 6.54 Å². The summed E-state index contributed by atoms with van der Waals surface area (Å²) in [5.74, 6) is 0.0915. The predicted molar refractivity (Wildman–Crippen MR) is 108 cm³/mol. The second-order valence-electron chi connectivity index (χ2n) is 6.29. The van der Waals surface area contributed by atoms with E-state index in [1.807, 2.05) is 0 Å². The highest BCUT2D eigenvalue weighted by molar-refractivity contribution is 6.30. The standard InChI is InChI=1S/C22H15ClFN3O2/c23-17-9-7-16(8-10-17)20-13-19(26-29-20)22(28)27(21-6-1-2-11-25-21)14-15-4-3-5-18(24)12-15/h1-13H,14H2. The van der Waals surface area contributed by atoms with E-state index < -0.39 is 5.91 Å². The number of hydrogen-bond acceptors (Lipinski definition) is 4. The molecule has 0 saturated carbocycles. The van der Waals surface area contributed by atoms with Crippen molar-refractivity contribution in [2.45, 2.75) is 6.54 Å². The topological polar surface area (TPSA) is 59.2 Å². The average molecular weight is 408 g/mol. The number of rotatable bonds is 5. The summed E-state index contributed by atoms with van der Waals surface area (Å²) in [4.78, 5) is 18.9. The van der Waals surface area contributed by atoms with Gasteiger partial charge >= 0.3 is 0 Å². The van der Waals surface area contributed by atoms with E-state index in [0.29, 0.717) is 22.2 Å². The lowest BCUT2D eigenvalue weighted by atomic mass is 10.1. The van der Waals surface area contributed by atoms with Crippen LogP contribution in [0, 0.1) is 5.82 Å². The third-order valence-electron chi connectivity index (χ3n) is 4.26. The normalized spacial score (nSPS) is 10.7. The second kappa shape index (κ2) is 8.24. The van der Waals surface area contributed by atoms with Gasteiger partial charge in [0.2, 0.25) is 0 Å². The van der Waals surface area contributed by atoms with Crippen LogP contribution < -0.4 is 4.90 Å². The molecule has 2 aromatic heterocycles. The fourth-order valence-electron chi connectivity index (χ4n) is 2.85. The summed E-state index contributed by atoms with van der Waals surface area (Å²) >= 11 is 5.91. The number of hydrogen-bond donors (Lipinski definition) is 0. The van der Waals surface area contributed by atoms with Crippen LogP contribution in [-0.4, -0.2) is 16.0 Å². The van der Waals surface area contributed by atoms with Crippen molar-refractivity contribution in [3.63, 3.8) is 0 Å². The van der Waals surface area contributed by atoms with Crippen molar-refractivity contribution in [1.29, 1.82) is 0 Å². The maximum Gasteiger partial charge on any atom is 0.281 e. The van der Waals surface area contributed by atoms with E-state index in [1.165, 1.54) is 17.0 Å². The quantitative estimate of drug-likeness (QED) is 0.446. The number of aromatic nitrogens is 2. The van der Waals surface area contributed by atoms with Crippen molar-refractivity contribution in [2.75, 3.05) is 4.90 Å². The Bertz CT molecular complexity index is 1130. The Labute approximate surface area is 171 Å². The van der Waals surface area contributed by atoms with Gasteiger partial charge in [-0.1, -0.05) is 35.0 Å². The van der Waals surface area contributed by atoms with Gasteiger partial charge < -0.3 is 4.52 Å². The summed E-state index contributed by atoms with van der Waals surface area (Å²) < 4.78 is 19.0. The second-order valence-corrected chi connectivity index (χ2v) is 6.73. The van der Waals surface area contributed by atoms with E-state index in [9.17, 15) is 9.18 Å². The molecule has 0 aliphatic heterocycles. The third kappa shape index (κ3) is 4.33. The summed E-state index contributed by atoms with van der Waals surface area (Å²) in [7, 11) is 0. The lowest BCUT2D eigenvalue weighted by Crippen LogP contribution is -2.31. The third-order valence-corrected chi connectivity index (χ3v) is 4.51. The summed E-state index contributed by atoms with van der Waals surface area (Å²) in [5.41, 5.74) is 1.50. The molecule has 1 amide bonds. The smallest absolute Gasteiger partial charge is 0.281 e. The molecule has 0 aliphatic rings. The number of carbonyl (C=O) groups excluding carboxylic acids is 1. The van der Waals surface area contributed by atoms with Gasteiger partial charge in [-0.05, 0) is 54.1 Å². The van der Waals surface area contributed by atoms with Gasteiger partial charge in [-0.25, -0.2) is 9.37 Å². The average Bonchev–Trinajstić information content (AvgIpc) is 3.23. The van der Waals surface area contributed by atoms with E-state index in [4.69, 9.17) is 16.1 Å². The van der Waals surface area contributed by atoms with Crippen LogP contribution in [0.1, 0.15) is 16.1 Å². The molecular formula is C22H15ClFN3O2. The zero-order valence-corrected chi connectivity index (χ0v) is 15.9. The molecule has 0 bridgehead atoms. The number of halogens is 2. The highest BCUT2D eigenvalue weighted by Gasteiger charge is 2.23. The Balaban J connectivity index is 1.65. The number of pyridine rings is 1. The molecule has 5 nitrogen and oxygen atoms in total. The van der Waals surface area contributed by atoms with Gasteiger partial charge in [0.25, 0.3) is 5.91 Å². The van der Waals surface area contributed by atoms with Gasteiger partial charge in [0.15, 0.2) is 11.5 Å². The minimum atomic E-state index is -0.406. The maximum absolute atomic E-state index is 13.6. The number of anilines is 1. The van der Waals surface area contributed by atoms with Gasteiger partial charge in [-0.15, -0.1) is 0 Å². The van der Waals surface area contributed by atoms with Crippen LogP contribution in [0.15, 0.2) is 83.5 Å². The number of amides is 1. The van der Waals surface area contributed by atoms with Gasteiger partial charge in [0, 0.05) is 22.8 Å². The predicted octanol–water partition coefficient (Wildman–Crippen LogP) is 5.38. The Kier molecular flexibility index (Phi) is 5.35. The Morgan fingerprint density at radius 1 is 1.03 bits per heavy atom. The van der Waals surface area contributed by atoms with Crippen LogP contribution in [0.3, 0.4) is 0 Å². The number of nitrogens with zero attached hydrogens (tertiary/aromatic N) is 3. The Hall–Kier alpha value is -3.51. The molecule has 0 atom stereocenters. The van der Waals surface area contributed by atoms with Gasteiger partial charge in [-0.2, -0.15) is 0 Å². The minimum absolute atomic E-state index is 0.122. The van der Waals surface area contributed by atoms with Crippen molar-refractivity contribution < 1.29 is 13.7 Å². The first-order chi connectivity index (χ1) is 14.1. The van der Waals surface area contributed by atoms with E-state index in [0.717, 1.165) is 5.56 Å². The molecule has 7 heteroatoms. The first-order valence-electron chi connectivity index (χ1n) is 8.80. The molecule has 2 aromatic carbocycles. The molecule has 0 N–H and O–H groups in total. The van der Waals surface area contributed by atoms with Crippen LogP contribution in [0.2, 0.25) is 5.02 Å². The van der Waals surface area contributed by atoms with E-state index in [-0.39, 0.29) is 18.1 Å². The van der Waals surface area contributed by atoms with Gasteiger partial charge in [-0.3, -0.25) is 9.69 Å². The molecule has 2 heterocycles. The molecule has 0 aliphatic carbocycles. The van der Waals surface area contributed by atoms with Crippen molar-refractivity contribution in [2.24, 2.45) is 0 Å². The molecule has 4 rings (SSSR count). The van der Waals surface area contributed by atoms with Crippen LogP contribution >= 0.6 is 11.6 Å². The van der Waals surface area contributed by atoms with Crippen molar-refractivity contribution in [1.82, 2.24) is 10.1 Å². The first-order valence-corrected chi connectivity index (χ1v) is 9.18. The Morgan fingerprint density at radius 3 is 2.59 bits per heavy atom. The number of benzene rings is 2. The maximum atomic E-state index is 13.6. The van der Waals surface area contributed by atoms with Crippen LogP contribution in [-0.2, 0) is 6.54 Å². The summed E-state index contributed by atoms with van der Waals surface area (Å²) in [5, 5.41) is 4.52. The molecule has 0 saturated heterocycles. The van der Waals surface area contributed by atoms with Crippen molar-refractivity contribution in [3.05, 3.63) is 101 Å². The summed E-state index contributed by atoms with van der Waals surface area (Å²) in [6, 6.07) is 19.9. The highest BCUT2D eigenvalue weighted by Crippen LogP contribution is 2.24. The molecule has 0 unspecified atom stereocenters. The summed E-state index contributed by atoms with van der Waals surface area (Å²) in [6.07, 6.45) is 1.59. The van der Waals surface area contributed by atoms with Crippen LogP contribution in [0.25, 0.3) is 11.3 Å². The van der Waals surface area contributed by atoms with Crippen molar-refractivity contribution in [3.8, 4) is 11.3 Å². The van der Waals surface area contributed by atoms with Crippen LogP contribution in [0.4, 0.5) is 10.2 Å². The minimum Gasteiger partial charge on any atom is -0.355 e. The van der Waals surface area contributed by atoms with Gasteiger partial charge in [0.1, 0.15) is 11.6 Å². The SMILES string of the molecule is O=C(c1cc(-c2ccc(Cl)cc2)on1)N(Cc1cccc(F)c1)c1ccccn1. The van der Waals surface area contributed by atoms with Crippen LogP contribution in [0.5, 0.6) is 0 Å². The lowest BCUT2D eigenvalue weighted by molar-refractivity contribution is 0.0975. The van der Waals surface area contributed by atoms with E-state index >= 15 is 0 Å². The molecular weight excluding hydrogens is 393 g/mol. The monoisotopic (exact) mass is 407 g/mol. The van der Waals surface area contributed by atoms with E-state index in [1.54, 1.807) is 66.9 Å². The van der Waals surface area contributed by atoms with E-state index in [2.05, 4.69) is 10.1 Å². The lowest BCUT2D eigenvalue weighted by Gasteiger charge is -2.20. The largest absolute Gasteiger partial charge is 0.355 e. The zero-order chi connectivity index (χ0) is 20.2. The molecule has 29 heavy (non-hydrogen) atoms. The molecule has 0 spiro atoms. The first kappa shape index (κ1) is 18.8. The fraction of sp³-hybridized carbons (Fsp3) is 0.0455. The molecule has 4 aromatic rings. The molecule has 0 radical (unpaired) electrons. The summed E-state index contributed by atoms with van der Waals surface area (Å²) in [6.45, 7) is 0.136. The number of carbonyl (C=O) groups is 1. The fourth-order valence-corrected chi connectivity index (χ4v) is 2.98. The molecule has 144 valence electrons. The van der Waals surface area contributed by atoms with Crippen molar-refractivity contribution >= 4 is 23.3 Å². The Morgan fingerprint density at radius 2 is 1.86 bits per heavy atom. The highest BCUT2D eigenvalue weighted by atomic mass is 35.5. The zero-order valence-electron chi connectivity index (χ0n) is 15.1. The molecule has 0 fully saturated rings.